The normalized spacial score (nSPS) is 21.2. The van der Waals surface area contributed by atoms with Crippen LogP contribution in [0, 0.1) is 0 Å². The molecular formula is C16H21NO3. The quantitative estimate of drug-likeness (QED) is 0.915. The van der Waals surface area contributed by atoms with Crippen LogP contribution in [0.5, 0.6) is 5.75 Å². The van der Waals surface area contributed by atoms with E-state index in [-0.39, 0.29) is 12.5 Å². The fourth-order valence-electron chi connectivity index (χ4n) is 2.75. The molecule has 1 aromatic carbocycles. The van der Waals surface area contributed by atoms with Crippen LogP contribution in [-0.2, 0) is 11.2 Å². The highest BCUT2D eigenvalue weighted by atomic mass is 16.5. The molecule has 2 aliphatic carbocycles. The van der Waals surface area contributed by atoms with Crippen molar-refractivity contribution < 1.29 is 14.6 Å². The average Bonchev–Trinajstić information content (AvgIpc) is 3.29. The third-order valence-corrected chi connectivity index (χ3v) is 4.25. The Bertz CT molecular complexity index is 510. The van der Waals surface area contributed by atoms with E-state index in [0.29, 0.717) is 11.8 Å². The van der Waals surface area contributed by atoms with Gasteiger partial charge in [0.05, 0.1) is 6.10 Å². The van der Waals surface area contributed by atoms with Gasteiger partial charge in [-0.1, -0.05) is 6.07 Å². The van der Waals surface area contributed by atoms with Crippen molar-refractivity contribution in [2.24, 2.45) is 0 Å². The summed E-state index contributed by atoms with van der Waals surface area (Å²) in [5, 5.41) is 10.0. The minimum Gasteiger partial charge on any atom is -0.484 e. The maximum atomic E-state index is 11.9. The van der Waals surface area contributed by atoms with E-state index in [1.807, 2.05) is 25.2 Å². The maximum Gasteiger partial charge on any atom is 0.260 e. The lowest BCUT2D eigenvalue weighted by Crippen LogP contribution is -2.33. The number of carbonyl (C=O) groups is 1. The fourth-order valence-corrected chi connectivity index (χ4v) is 2.75. The first-order valence-corrected chi connectivity index (χ1v) is 7.34. The number of aliphatic hydroxyl groups is 1. The monoisotopic (exact) mass is 275 g/mol. The van der Waals surface area contributed by atoms with Crippen LogP contribution < -0.4 is 4.74 Å². The summed E-state index contributed by atoms with van der Waals surface area (Å²) in [5.41, 5.74) is 2.15. The molecule has 3 rings (SSSR count). The highest BCUT2D eigenvalue weighted by Gasteiger charge is 2.29. The molecule has 4 nitrogen and oxygen atoms in total. The van der Waals surface area contributed by atoms with Gasteiger partial charge < -0.3 is 14.7 Å². The molecule has 0 unspecified atom stereocenters. The van der Waals surface area contributed by atoms with E-state index in [0.717, 1.165) is 37.7 Å². The second-order valence-electron chi connectivity index (χ2n) is 5.79. The Hall–Kier alpha value is -1.55. The largest absolute Gasteiger partial charge is 0.484 e. The van der Waals surface area contributed by atoms with Gasteiger partial charge in [0.15, 0.2) is 6.61 Å². The van der Waals surface area contributed by atoms with Gasteiger partial charge in [-0.15, -0.1) is 0 Å². The van der Waals surface area contributed by atoms with Gasteiger partial charge in [-0.25, -0.2) is 0 Å². The molecular weight excluding hydrogens is 254 g/mol. The Morgan fingerprint density at radius 2 is 2.20 bits per heavy atom. The minimum absolute atomic E-state index is 0.0192. The first kappa shape index (κ1) is 13.4. The van der Waals surface area contributed by atoms with Gasteiger partial charge in [0, 0.05) is 13.1 Å². The van der Waals surface area contributed by atoms with Crippen LogP contribution in [0.2, 0.25) is 0 Å². The highest BCUT2D eigenvalue weighted by molar-refractivity contribution is 5.78. The maximum absolute atomic E-state index is 11.9. The number of ether oxygens (including phenoxy) is 1. The van der Waals surface area contributed by atoms with Crippen molar-refractivity contribution in [1.82, 2.24) is 4.90 Å². The molecule has 0 heterocycles. The number of hydrogen-bond donors (Lipinski definition) is 1. The van der Waals surface area contributed by atoms with E-state index < -0.39 is 6.10 Å². The summed E-state index contributed by atoms with van der Waals surface area (Å²) in [6.07, 6.45) is 4.65. The summed E-state index contributed by atoms with van der Waals surface area (Å²) in [5.74, 6) is 0.688. The smallest absolute Gasteiger partial charge is 0.260 e. The van der Waals surface area contributed by atoms with Crippen molar-refractivity contribution in [2.75, 3.05) is 13.7 Å². The molecule has 1 amide bonds. The third-order valence-electron chi connectivity index (χ3n) is 4.25. The Balaban J connectivity index is 1.63. The van der Waals surface area contributed by atoms with Crippen molar-refractivity contribution in [1.29, 1.82) is 0 Å². The SMILES string of the molecule is CN(C(=O)COc1ccc2c(c1)[C@@H](O)CCC2)C1CC1. The predicted octanol–water partition coefficient (Wildman–Crippen LogP) is 2.06. The Kier molecular flexibility index (Phi) is 3.66. The summed E-state index contributed by atoms with van der Waals surface area (Å²) < 4.78 is 5.58. The fraction of sp³-hybridized carbons (Fsp3) is 0.562. The molecule has 0 radical (unpaired) electrons. The second kappa shape index (κ2) is 5.44. The molecule has 20 heavy (non-hydrogen) atoms. The lowest BCUT2D eigenvalue weighted by molar-refractivity contribution is -0.132. The highest BCUT2D eigenvalue weighted by Crippen LogP contribution is 2.32. The van der Waals surface area contributed by atoms with Crippen LogP contribution in [0.25, 0.3) is 0 Å². The van der Waals surface area contributed by atoms with Gasteiger partial charge in [-0.05, 0) is 55.4 Å². The summed E-state index contributed by atoms with van der Waals surface area (Å²) in [6, 6.07) is 6.18. The molecule has 0 aliphatic heterocycles. The molecule has 1 saturated carbocycles. The van der Waals surface area contributed by atoms with Crippen LogP contribution in [0.15, 0.2) is 18.2 Å². The van der Waals surface area contributed by atoms with Gasteiger partial charge >= 0.3 is 0 Å². The zero-order valence-electron chi connectivity index (χ0n) is 11.8. The Morgan fingerprint density at radius 1 is 1.40 bits per heavy atom. The molecule has 0 bridgehead atoms. The molecule has 1 atom stereocenters. The first-order valence-electron chi connectivity index (χ1n) is 7.34. The number of fused-ring (bicyclic) bond motifs is 1. The molecule has 2 aliphatic rings. The summed E-state index contributed by atoms with van der Waals surface area (Å²) in [4.78, 5) is 13.7. The Morgan fingerprint density at radius 3 is 2.95 bits per heavy atom. The number of amides is 1. The van der Waals surface area contributed by atoms with Gasteiger partial charge in [0.1, 0.15) is 5.75 Å². The molecule has 1 aromatic rings. The number of hydrogen-bond acceptors (Lipinski definition) is 3. The van der Waals surface area contributed by atoms with Gasteiger partial charge in [0.25, 0.3) is 5.91 Å². The van der Waals surface area contributed by atoms with Crippen molar-refractivity contribution in [3.63, 3.8) is 0 Å². The van der Waals surface area contributed by atoms with E-state index >= 15 is 0 Å². The summed E-state index contributed by atoms with van der Waals surface area (Å²) >= 11 is 0. The topological polar surface area (TPSA) is 49.8 Å². The number of rotatable bonds is 4. The number of benzene rings is 1. The third kappa shape index (κ3) is 2.80. The molecule has 4 heteroatoms. The van der Waals surface area contributed by atoms with Crippen LogP contribution in [-0.4, -0.2) is 35.6 Å². The number of aryl methyl sites for hydroxylation is 1. The van der Waals surface area contributed by atoms with Crippen LogP contribution in [0.1, 0.15) is 42.9 Å². The van der Waals surface area contributed by atoms with Gasteiger partial charge in [-0.2, -0.15) is 0 Å². The molecule has 0 saturated heterocycles. The molecule has 0 aromatic heterocycles. The van der Waals surface area contributed by atoms with Crippen molar-refractivity contribution in [2.45, 2.75) is 44.2 Å². The van der Waals surface area contributed by atoms with Crippen LogP contribution >= 0.6 is 0 Å². The second-order valence-corrected chi connectivity index (χ2v) is 5.79. The van der Waals surface area contributed by atoms with E-state index in [1.165, 1.54) is 5.56 Å². The lowest BCUT2D eigenvalue weighted by Gasteiger charge is -2.22. The van der Waals surface area contributed by atoms with E-state index in [4.69, 9.17) is 4.74 Å². The van der Waals surface area contributed by atoms with Gasteiger partial charge in [-0.3, -0.25) is 4.79 Å². The molecule has 1 fully saturated rings. The van der Waals surface area contributed by atoms with Crippen molar-refractivity contribution >= 4 is 5.91 Å². The summed E-state index contributed by atoms with van der Waals surface area (Å²) in [6.45, 7) is 0.0713. The lowest BCUT2D eigenvalue weighted by atomic mass is 9.89. The number of carbonyl (C=O) groups excluding carboxylic acids is 1. The molecule has 1 N–H and O–H groups in total. The predicted molar refractivity (Wildman–Crippen MR) is 75.6 cm³/mol. The van der Waals surface area contributed by atoms with Crippen molar-refractivity contribution in [3.05, 3.63) is 29.3 Å². The minimum atomic E-state index is -0.396. The van der Waals surface area contributed by atoms with E-state index in [2.05, 4.69) is 0 Å². The average molecular weight is 275 g/mol. The first-order chi connectivity index (χ1) is 9.65. The summed E-state index contributed by atoms with van der Waals surface area (Å²) in [7, 11) is 1.83. The number of aliphatic hydroxyl groups excluding tert-OH is 1. The zero-order chi connectivity index (χ0) is 14.1. The van der Waals surface area contributed by atoms with E-state index in [1.54, 1.807) is 4.90 Å². The van der Waals surface area contributed by atoms with Crippen LogP contribution in [0.3, 0.4) is 0 Å². The van der Waals surface area contributed by atoms with Gasteiger partial charge in [0.2, 0.25) is 0 Å². The number of nitrogens with zero attached hydrogens (tertiary/aromatic N) is 1. The Labute approximate surface area is 119 Å². The van der Waals surface area contributed by atoms with Crippen molar-refractivity contribution in [3.8, 4) is 5.75 Å². The standard InChI is InChI=1S/C16H21NO3/c1-17(12-6-7-12)16(19)10-20-13-8-5-11-3-2-4-15(18)14(11)9-13/h5,8-9,12,15,18H,2-4,6-7,10H2,1H3/t15-/m0/s1. The molecule has 108 valence electrons. The van der Waals surface area contributed by atoms with E-state index in [9.17, 15) is 9.90 Å². The number of likely N-dealkylation sites (N-methyl/N-ethyl adjacent to an activating group) is 1. The zero-order valence-corrected chi connectivity index (χ0v) is 11.8. The van der Waals surface area contributed by atoms with Crippen LogP contribution in [0.4, 0.5) is 0 Å². The molecule has 0 spiro atoms.